The van der Waals surface area contributed by atoms with E-state index in [0.29, 0.717) is 23.9 Å². The van der Waals surface area contributed by atoms with E-state index in [9.17, 15) is 19.4 Å². The molecule has 0 aromatic rings. The van der Waals surface area contributed by atoms with Crippen LogP contribution in [-0.2, 0) is 18.4 Å². The van der Waals surface area contributed by atoms with Crippen LogP contribution < -0.4 is 10.2 Å². The molecule has 0 aliphatic carbocycles. The smallest absolute Gasteiger partial charge is 0.268 e. The number of phosphoric ester groups is 1. The summed E-state index contributed by atoms with van der Waals surface area (Å²) in [4.78, 5) is 25.2. The third-order valence-corrected chi connectivity index (χ3v) is 13.4. The zero-order valence-electron chi connectivity index (χ0n) is 45.0. The van der Waals surface area contributed by atoms with Gasteiger partial charge in [-0.25, -0.2) is 0 Å². The molecule has 0 aromatic heterocycles. The van der Waals surface area contributed by atoms with Gasteiger partial charge in [0.25, 0.3) is 7.82 Å². The Morgan fingerprint density at radius 2 is 0.897 bits per heavy atom. The molecule has 0 fully saturated rings. The van der Waals surface area contributed by atoms with Crippen molar-refractivity contribution in [1.29, 1.82) is 0 Å². The summed E-state index contributed by atoms with van der Waals surface area (Å²) < 4.78 is 23.1. The van der Waals surface area contributed by atoms with Crippen LogP contribution in [0.1, 0.15) is 245 Å². The highest BCUT2D eigenvalue weighted by molar-refractivity contribution is 7.45. The van der Waals surface area contributed by atoms with E-state index in [0.717, 1.165) is 89.9 Å². The Kier molecular flexibility index (Phi) is 48.4. The van der Waals surface area contributed by atoms with Crippen molar-refractivity contribution in [3.63, 3.8) is 0 Å². The van der Waals surface area contributed by atoms with Gasteiger partial charge in [0.15, 0.2) is 0 Å². The molecule has 1 amide bonds. The molecule has 0 aliphatic heterocycles. The Balaban J connectivity index is 3.70. The lowest BCUT2D eigenvalue weighted by molar-refractivity contribution is -0.870. The number of unbranched alkanes of at least 4 members (excludes halogenated alkanes) is 26. The lowest BCUT2D eigenvalue weighted by atomic mass is 10.0. The quantitative estimate of drug-likeness (QED) is 0.0272. The highest BCUT2D eigenvalue weighted by Crippen LogP contribution is 2.38. The molecule has 0 aliphatic rings. The van der Waals surface area contributed by atoms with Gasteiger partial charge in [-0.05, 0) is 64.2 Å². The molecule has 0 aromatic carbocycles. The number of likely N-dealkylation sites (N-methyl/N-ethyl adjacent to an activating group) is 1. The van der Waals surface area contributed by atoms with E-state index in [4.69, 9.17) is 9.05 Å². The minimum absolute atomic E-state index is 0.0112. The maximum Gasteiger partial charge on any atom is 0.268 e. The van der Waals surface area contributed by atoms with Gasteiger partial charge >= 0.3 is 0 Å². The van der Waals surface area contributed by atoms with Crippen LogP contribution in [0.5, 0.6) is 0 Å². The lowest BCUT2D eigenvalue weighted by Gasteiger charge is -2.30. The summed E-state index contributed by atoms with van der Waals surface area (Å²) in [5.41, 5.74) is 0. The molecular formula is C59H109N2O6P. The first-order chi connectivity index (χ1) is 33.0. The number of aliphatic hydroxyl groups excluding tert-OH is 1. The van der Waals surface area contributed by atoms with Crippen molar-refractivity contribution in [1.82, 2.24) is 5.32 Å². The monoisotopic (exact) mass is 973 g/mol. The lowest BCUT2D eigenvalue weighted by Crippen LogP contribution is -2.46. The van der Waals surface area contributed by atoms with Gasteiger partial charge in [0.2, 0.25) is 5.91 Å². The molecule has 0 radical (unpaired) electrons. The second-order valence-corrected chi connectivity index (χ2v) is 21.7. The minimum Gasteiger partial charge on any atom is -0.756 e. The van der Waals surface area contributed by atoms with Crippen LogP contribution in [0.2, 0.25) is 0 Å². The molecule has 0 saturated carbocycles. The molecule has 0 rings (SSSR count). The number of carbonyl (C=O) groups excluding carboxylic acids is 1. The molecule has 8 nitrogen and oxygen atoms in total. The van der Waals surface area contributed by atoms with Crippen molar-refractivity contribution < 1.29 is 32.9 Å². The summed E-state index contributed by atoms with van der Waals surface area (Å²) >= 11 is 0. The van der Waals surface area contributed by atoms with E-state index in [1.165, 1.54) is 128 Å². The summed E-state index contributed by atoms with van der Waals surface area (Å²) in [6.07, 6.45) is 68.7. The van der Waals surface area contributed by atoms with E-state index in [-0.39, 0.29) is 19.1 Å². The van der Waals surface area contributed by atoms with Gasteiger partial charge in [-0.2, -0.15) is 0 Å². The van der Waals surface area contributed by atoms with Gasteiger partial charge in [0.05, 0.1) is 39.9 Å². The SMILES string of the molecule is CC/C=C\C/C=C\C/C=C\C/C=C\C/C=C\C/C=C\CCCCCCCCCCCCCCCCCCCCCCCCC(=O)NC(COP(=O)([O-])OCC[N+](C)(C)C)C(O)CCCCCCC. The van der Waals surface area contributed by atoms with Crippen molar-refractivity contribution in [2.45, 2.75) is 257 Å². The minimum atomic E-state index is -4.55. The second-order valence-electron chi connectivity index (χ2n) is 20.3. The summed E-state index contributed by atoms with van der Waals surface area (Å²) in [6, 6.07) is -0.796. The van der Waals surface area contributed by atoms with Gasteiger partial charge in [-0.3, -0.25) is 9.36 Å². The molecule has 68 heavy (non-hydrogen) atoms. The number of amides is 1. The van der Waals surface area contributed by atoms with Crippen LogP contribution in [0.4, 0.5) is 0 Å². The van der Waals surface area contributed by atoms with E-state index in [1.807, 2.05) is 21.1 Å². The summed E-state index contributed by atoms with van der Waals surface area (Å²) in [5, 5.41) is 13.7. The Morgan fingerprint density at radius 3 is 1.31 bits per heavy atom. The zero-order chi connectivity index (χ0) is 49.9. The number of quaternary nitrogens is 1. The highest BCUT2D eigenvalue weighted by Gasteiger charge is 2.24. The average Bonchev–Trinajstić information content (AvgIpc) is 3.30. The first-order valence-corrected chi connectivity index (χ1v) is 29.7. The Labute approximate surface area is 421 Å². The topological polar surface area (TPSA) is 108 Å². The number of nitrogens with zero attached hydrogens (tertiary/aromatic N) is 1. The van der Waals surface area contributed by atoms with Crippen molar-refractivity contribution in [2.75, 3.05) is 40.9 Å². The van der Waals surface area contributed by atoms with E-state index in [1.54, 1.807) is 0 Å². The predicted octanol–water partition coefficient (Wildman–Crippen LogP) is 16.5. The van der Waals surface area contributed by atoms with Crippen molar-refractivity contribution in [3.05, 3.63) is 72.9 Å². The van der Waals surface area contributed by atoms with E-state index in [2.05, 4.69) is 92.1 Å². The van der Waals surface area contributed by atoms with Crippen molar-refractivity contribution in [2.24, 2.45) is 0 Å². The number of nitrogens with one attached hydrogen (secondary N) is 1. The van der Waals surface area contributed by atoms with Crippen molar-refractivity contribution >= 4 is 13.7 Å². The maximum atomic E-state index is 12.8. The summed E-state index contributed by atoms with van der Waals surface area (Å²) in [7, 11) is 1.30. The average molecular weight is 974 g/mol. The van der Waals surface area contributed by atoms with Gasteiger partial charge in [-0.15, -0.1) is 0 Å². The van der Waals surface area contributed by atoms with Gasteiger partial charge in [-0.1, -0.05) is 247 Å². The summed E-state index contributed by atoms with van der Waals surface area (Å²) in [5.74, 6) is -0.170. The van der Waals surface area contributed by atoms with Crippen LogP contribution in [-0.4, -0.2) is 68.5 Å². The molecular weight excluding hydrogens is 864 g/mol. The molecule has 3 unspecified atom stereocenters. The molecule has 3 atom stereocenters. The Hall–Kier alpha value is -2.06. The predicted molar refractivity (Wildman–Crippen MR) is 293 cm³/mol. The number of carbonyl (C=O) groups is 1. The largest absolute Gasteiger partial charge is 0.756 e. The van der Waals surface area contributed by atoms with Crippen LogP contribution in [0.3, 0.4) is 0 Å². The molecule has 2 N–H and O–H groups in total. The fourth-order valence-electron chi connectivity index (χ4n) is 8.04. The zero-order valence-corrected chi connectivity index (χ0v) is 45.9. The van der Waals surface area contributed by atoms with Crippen LogP contribution in [0.15, 0.2) is 72.9 Å². The molecule has 9 heteroatoms. The molecule has 396 valence electrons. The fourth-order valence-corrected chi connectivity index (χ4v) is 8.77. The number of allylic oxidation sites excluding steroid dienone is 12. The van der Waals surface area contributed by atoms with E-state index >= 15 is 0 Å². The number of rotatable bonds is 51. The van der Waals surface area contributed by atoms with Crippen LogP contribution in [0.25, 0.3) is 0 Å². The van der Waals surface area contributed by atoms with E-state index < -0.39 is 20.0 Å². The van der Waals surface area contributed by atoms with Crippen LogP contribution >= 0.6 is 7.82 Å². The fraction of sp³-hybridized carbons (Fsp3) is 0.780. The first kappa shape index (κ1) is 65.9. The maximum absolute atomic E-state index is 12.8. The number of hydrogen-bond donors (Lipinski definition) is 2. The van der Waals surface area contributed by atoms with Crippen LogP contribution in [0, 0.1) is 0 Å². The third kappa shape index (κ3) is 51.8. The standard InChI is InChI=1S/C59H109N2O6P/c1-6-8-10-12-13-14-15-16-17-18-19-20-21-22-23-24-25-26-27-28-29-30-31-32-33-34-35-36-37-38-39-40-41-42-43-44-45-46-47-49-51-53-59(63)60-57(58(62)52-50-48-11-9-7-2)56-67-68(64,65)66-55-54-61(3,4)5/h8,10,13-14,16-17,19-20,22-23,25-26,57-58,62H,6-7,9,11-12,15,18,21,24,27-56H2,1-5H3,(H-,60,63,64,65)/b10-8-,14-13-,17-16-,20-19-,23-22-,26-25-. The molecule has 0 saturated heterocycles. The summed E-state index contributed by atoms with van der Waals surface area (Å²) in [6.45, 7) is 4.51. The number of phosphoric acid groups is 1. The number of aliphatic hydroxyl groups is 1. The normalized spacial score (nSPS) is 14.5. The number of hydrogen-bond acceptors (Lipinski definition) is 6. The molecule has 0 heterocycles. The van der Waals surface area contributed by atoms with Gasteiger partial charge < -0.3 is 28.8 Å². The third-order valence-electron chi connectivity index (χ3n) is 12.5. The Morgan fingerprint density at radius 1 is 0.529 bits per heavy atom. The molecule has 0 bridgehead atoms. The second kappa shape index (κ2) is 49.9. The molecule has 0 spiro atoms. The Bertz CT molecular complexity index is 1330. The highest BCUT2D eigenvalue weighted by atomic mass is 31.2. The van der Waals surface area contributed by atoms with Gasteiger partial charge in [0.1, 0.15) is 13.2 Å². The first-order valence-electron chi connectivity index (χ1n) is 28.3. The van der Waals surface area contributed by atoms with Crippen molar-refractivity contribution in [3.8, 4) is 0 Å². The van der Waals surface area contributed by atoms with Gasteiger partial charge in [0, 0.05) is 6.42 Å².